The summed E-state index contributed by atoms with van der Waals surface area (Å²) < 4.78 is 10.0. The number of aliphatic hydroxyl groups is 2. The Morgan fingerprint density at radius 2 is 2.00 bits per heavy atom. The monoisotopic (exact) mass is 162 g/mol. The van der Waals surface area contributed by atoms with E-state index in [1.54, 1.807) is 6.92 Å². The second-order valence-corrected chi connectivity index (χ2v) is 2.79. The number of methoxy groups -OCH3 is 1. The van der Waals surface area contributed by atoms with Crippen molar-refractivity contribution in [3.05, 3.63) is 0 Å². The Bertz CT molecular complexity index is 126. The van der Waals surface area contributed by atoms with Crippen LogP contribution < -0.4 is 0 Å². The van der Waals surface area contributed by atoms with Gasteiger partial charge in [-0.15, -0.1) is 0 Å². The van der Waals surface area contributed by atoms with E-state index in [0.717, 1.165) is 0 Å². The van der Waals surface area contributed by atoms with Crippen molar-refractivity contribution >= 4 is 0 Å². The molecule has 66 valence electrons. The fourth-order valence-corrected chi connectivity index (χ4v) is 1.15. The van der Waals surface area contributed by atoms with E-state index in [2.05, 4.69) is 0 Å². The van der Waals surface area contributed by atoms with Crippen molar-refractivity contribution in [3.63, 3.8) is 0 Å². The summed E-state index contributed by atoms with van der Waals surface area (Å²) >= 11 is 0. The van der Waals surface area contributed by atoms with Crippen molar-refractivity contribution < 1.29 is 19.7 Å². The topological polar surface area (TPSA) is 58.9 Å². The Kier molecular flexibility index (Phi) is 2.84. The standard InChI is InChI=1S/C7H14O4/c1-4-6(8)7(9)5(10-2)3-11-4/h4-9H,3H2,1-2H3/t4-,5+,6+,7?/m0/s1. The molecule has 1 fully saturated rings. The molecule has 1 saturated heterocycles. The van der Waals surface area contributed by atoms with Gasteiger partial charge in [0.15, 0.2) is 0 Å². The zero-order valence-corrected chi connectivity index (χ0v) is 6.73. The molecule has 0 aromatic heterocycles. The molecule has 0 amide bonds. The third kappa shape index (κ3) is 1.70. The molecule has 1 heterocycles. The van der Waals surface area contributed by atoms with Crippen LogP contribution in [0.1, 0.15) is 6.92 Å². The van der Waals surface area contributed by atoms with Crippen LogP contribution in [0.3, 0.4) is 0 Å². The first-order valence-electron chi connectivity index (χ1n) is 3.67. The minimum Gasteiger partial charge on any atom is -0.388 e. The normalized spacial score (nSPS) is 45.8. The minimum atomic E-state index is -0.839. The second kappa shape index (κ2) is 3.49. The van der Waals surface area contributed by atoms with E-state index in [4.69, 9.17) is 9.47 Å². The summed E-state index contributed by atoms with van der Waals surface area (Å²) in [6.45, 7) is 2.07. The first-order valence-corrected chi connectivity index (χ1v) is 3.67. The van der Waals surface area contributed by atoms with Crippen LogP contribution in [0.2, 0.25) is 0 Å². The summed E-state index contributed by atoms with van der Waals surface area (Å²) in [6.07, 6.45) is -2.38. The van der Waals surface area contributed by atoms with Crippen molar-refractivity contribution in [2.75, 3.05) is 13.7 Å². The van der Waals surface area contributed by atoms with Crippen LogP contribution >= 0.6 is 0 Å². The van der Waals surface area contributed by atoms with Gasteiger partial charge in [-0.3, -0.25) is 0 Å². The molecule has 0 radical (unpaired) electrons. The zero-order chi connectivity index (χ0) is 8.43. The number of hydrogen-bond acceptors (Lipinski definition) is 4. The Balaban J connectivity index is 2.52. The van der Waals surface area contributed by atoms with E-state index in [1.807, 2.05) is 0 Å². The van der Waals surface area contributed by atoms with Crippen molar-refractivity contribution in [1.29, 1.82) is 0 Å². The molecule has 4 atom stereocenters. The fraction of sp³-hybridized carbons (Fsp3) is 1.00. The first kappa shape index (κ1) is 8.93. The fourth-order valence-electron chi connectivity index (χ4n) is 1.15. The van der Waals surface area contributed by atoms with Gasteiger partial charge in [-0.1, -0.05) is 0 Å². The number of ether oxygens (including phenoxy) is 2. The van der Waals surface area contributed by atoms with Gasteiger partial charge in [-0.05, 0) is 6.92 Å². The van der Waals surface area contributed by atoms with Crippen LogP contribution in [0.5, 0.6) is 0 Å². The molecule has 4 nitrogen and oxygen atoms in total. The molecule has 0 spiro atoms. The van der Waals surface area contributed by atoms with Crippen molar-refractivity contribution in [3.8, 4) is 0 Å². The molecule has 0 aromatic carbocycles. The number of rotatable bonds is 1. The molecular formula is C7H14O4. The molecule has 1 aliphatic heterocycles. The van der Waals surface area contributed by atoms with E-state index in [0.29, 0.717) is 6.61 Å². The zero-order valence-electron chi connectivity index (χ0n) is 6.73. The van der Waals surface area contributed by atoms with Crippen molar-refractivity contribution in [1.82, 2.24) is 0 Å². The lowest BCUT2D eigenvalue weighted by Gasteiger charge is -2.35. The van der Waals surface area contributed by atoms with Crippen LogP contribution in [0, 0.1) is 0 Å². The number of aliphatic hydroxyl groups excluding tert-OH is 2. The molecule has 4 heteroatoms. The van der Waals surface area contributed by atoms with Crippen molar-refractivity contribution in [2.45, 2.75) is 31.3 Å². The van der Waals surface area contributed by atoms with Crippen LogP contribution in [-0.4, -0.2) is 48.3 Å². The summed E-state index contributed by atoms with van der Waals surface area (Å²) in [7, 11) is 1.49. The molecule has 0 saturated carbocycles. The van der Waals surface area contributed by atoms with Crippen LogP contribution in [0.15, 0.2) is 0 Å². The highest BCUT2D eigenvalue weighted by molar-refractivity contribution is 4.84. The third-order valence-electron chi connectivity index (χ3n) is 2.04. The van der Waals surface area contributed by atoms with Gasteiger partial charge in [0.2, 0.25) is 0 Å². The molecule has 1 rings (SSSR count). The van der Waals surface area contributed by atoms with Gasteiger partial charge in [0.05, 0.1) is 12.7 Å². The maximum Gasteiger partial charge on any atom is 0.111 e. The van der Waals surface area contributed by atoms with E-state index >= 15 is 0 Å². The largest absolute Gasteiger partial charge is 0.388 e. The second-order valence-electron chi connectivity index (χ2n) is 2.79. The highest BCUT2D eigenvalue weighted by Crippen LogP contribution is 2.16. The van der Waals surface area contributed by atoms with Gasteiger partial charge in [0.25, 0.3) is 0 Å². The molecule has 0 aliphatic carbocycles. The van der Waals surface area contributed by atoms with Gasteiger partial charge in [0, 0.05) is 7.11 Å². The van der Waals surface area contributed by atoms with Crippen LogP contribution in [-0.2, 0) is 9.47 Å². The Morgan fingerprint density at radius 3 is 2.55 bits per heavy atom. The van der Waals surface area contributed by atoms with E-state index < -0.39 is 18.3 Å². The molecule has 11 heavy (non-hydrogen) atoms. The van der Waals surface area contributed by atoms with E-state index in [1.165, 1.54) is 7.11 Å². The van der Waals surface area contributed by atoms with Crippen molar-refractivity contribution in [2.24, 2.45) is 0 Å². The molecule has 0 bridgehead atoms. The molecule has 2 N–H and O–H groups in total. The summed E-state index contributed by atoms with van der Waals surface area (Å²) in [6, 6.07) is 0. The summed E-state index contributed by atoms with van der Waals surface area (Å²) in [5.74, 6) is 0. The molecule has 1 aliphatic rings. The smallest absolute Gasteiger partial charge is 0.111 e. The first-order chi connectivity index (χ1) is 5.16. The van der Waals surface area contributed by atoms with E-state index in [9.17, 15) is 10.2 Å². The Labute approximate surface area is 65.7 Å². The van der Waals surface area contributed by atoms with Gasteiger partial charge >= 0.3 is 0 Å². The average Bonchev–Trinajstić information content (AvgIpc) is 2.01. The highest BCUT2D eigenvalue weighted by atomic mass is 16.6. The lowest BCUT2D eigenvalue weighted by atomic mass is 10.0. The average molecular weight is 162 g/mol. The summed E-state index contributed by atoms with van der Waals surface area (Å²) in [4.78, 5) is 0. The quantitative estimate of drug-likeness (QED) is 0.527. The van der Waals surface area contributed by atoms with Gasteiger partial charge in [-0.2, -0.15) is 0 Å². The highest BCUT2D eigenvalue weighted by Gasteiger charge is 2.35. The molecule has 1 unspecified atom stereocenters. The van der Waals surface area contributed by atoms with Crippen LogP contribution in [0.25, 0.3) is 0 Å². The van der Waals surface area contributed by atoms with Gasteiger partial charge < -0.3 is 19.7 Å². The number of hydrogen-bond donors (Lipinski definition) is 2. The maximum absolute atomic E-state index is 9.35. The maximum atomic E-state index is 9.35. The molecule has 0 aromatic rings. The van der Waals surface area contributed by atoms with Crippen LogP contribution in [0.4, 0.5) is 0 Å². The van der Waals surface area contributed by atoms with Gasteiger partial charge in [0.1, 0.15) is 18.3 Å². The molecular weight excluding hydrogens is 148 g/mol. The predicted molar refractivity (Wildman–Crippen MR) is 38.2 cm³/mol. The lowest BCUT2D eigenvalue weighted by Crippen LogP contribution is -2.52. The minimum absolute atomic E-state index is 0.309. The summed E-state index contributed by atoms with van der Waals surface area (Å²) in [5, 5.41) is 18.6. The summed E-state index contributed by atoms with van der Waals surface area (Å²) in [5.41, 5.74) is 0. The lowest BCUT2D eigenvalue weighted by molar-refractivity contribution is -0.189. The Morgan fingerprint density at radius 1 is 1.36 bits per heavy atom. The Hall–Kier alpha value is -0.160. The predicted octanol–water partition coefficient (Wildman–Crippen LogP) is -0.858. The van der Waals surface area contributed by atoms with Gasteiger partial charge in [-0.25, -0.2) is 0 Å². The third-order valence-corrected chi connectivity index (χ3v) is 2.04. The van der Waals surface area contributed by atoms with E-state index in [-0.39, 0.29) is 6.10 Å². The SMILES string of the molecule is CO[C@@H]1CO[C@@H](C)[C@@H](O)C1O.